The molecule has 0 amide bonds. The van der Waals surface area contributed by atoms with Crippen molar-refractivity contribution in [1.82, 2.24) is 0 Å². The van der Waals surface area contributed by atoms with Crippen molar-refractivity contribution >= 4 is 29.4 Å². The van der Waals surface area contributed by atoms with Crippen LogP contribution in [0.15, 0.2) is 42.5 Å². The highest BCUT2D eigenvalue weighted by Gasteiger charge is 2.30. The maximum Gasteiger partial charge on any atom is 0.347 e. The molecule has 2 rings (SSSR count). The van der Waals surface area contributed by atoms with E-state index in [4.69, 9.17) is 16.3 Å². The second-order valence-corrected chi connectivity index (χ2v) is 7.04. The van der Waals surface area contributed by atoms with Crippen molar-refractivity contribution in [2.45, 2.75) is 33.3 Å². The maximum atomic E-state index is 12.2. The SMILES string of the molecule is Cc1cc(/C=C/C(=O)c2ccc(Cl)cc2)cc(C)c1OC(C)(C)C(=O)O. The fourth-order valence-electron chi connectivity index (χ4n) is 2.42. The van der Waals surface area contributed by atoms with Crippen molar-refractivity contribution < 1.29 is 19.4 Å². The van der Waals surface area contributed by atoms with E-state index in [1.807, 2.05) is 26.0 Å². The first-order chi connectivity index (χ1) is 12.1. The summed E-state index contributed by atoms with van der Waals surface area (Å²) in [5.74, 6) is -0.614. The van der Waals surface area contributed by atoms with Crippen molar-refractivity contribution in [3.8, 4) is 5.75 Å². The zero-order valence-electron chi connectivity index (χ0n) is 15.2. The molecule has 0 aliphatic carbocycles. The lowest BCUT2D eigenvalue weighted by Crippen LogP contribution is -2.38. The third-order valence-electron chi connectivity index (χ3n) is 3.91. The van der Waals surface area contributed by atoms with E-state index in [0.717, 1.165) is 16.7 Å². The molecular formula is C21H21ClO4. The molecule has 0 aliphatic rings. The number of hydrogen-bond acceptors (Lipinski definition) is 3. The van der Waals surface area contributed by atoms with Crippen LogP contribution in [0.4, 0.5) is 0 Å². The summed E-state index contributed by atoms with van der Waals surface area (Å²) in [5.41, 5.74) is 1.68. The number of aryl methyl sites for hydroxylation is 2. The predicted molar refractivity (Wildman–Crippen MR) is 103 cm³/mol. The van der Waals surface area contributed by atoms with Crippen molar-refractivity contribution in [1.29, 1.82) is 0 Å². The van der Waals surface area contributed by atoms with Gasteiger partial charge in [-0.3, -0.25) is 4.79 Å². The van der Waals surface area contributed by atoms with Crippen LogP contribution in [-0.2, 0) is 4.79 Å². The molecule has 0 saturated carbocycles. The van der Waals surface area contributed by atoms with Gasteiger partial charge in [0.05, 0.1) is 0 Å². The molecule has 0 heterocycles. The minimum atomic E-state index is -1.32. The normalized spacial score (nSPS) is 11.6. The molecule has 5 heteroatoms. The third-order valence-corrected chi connectivity index (χ3v) is 4.16. The van der Waals surface area contributed by atoms with E-state index in [-0.39, 0.29) is 5.78 Å². The van der Waals surface area contributed by atoms with Crippen LogP contribution in [0.1, 0.15) is 40.9 Å². The summed E-state index contributed by atoms with van der Waals surface area (Å²) in [7, 11) is 0. The van der Waals surface area contributed by atoms with Crippen molar-refractivity contribution in [2.75, 3.05) is 0 Å². The molecule has 26 heavy (non-hydrogen) atoms. The summed E-state index contributed by atoms with van der Waals surface area (Å²) in [5, 5.41) is 9.81. The van der Waals surface area contributed by atoms with Crippen molar-refractivity contribution in [3.63, 3.8) is 0 Å². The molecular weight excluding hydrogens is 352 g/mol. The van der Waals surface area contributed by atoms with E-state index in [1.54, 1.807) is 30.3 Å². The third kappa shape index (κ3) is 4.73. The van der Waals surface area contributed by atoms with Crippen LogP contribution in [0.5, 0.6) is 5.75 Å². The quantitative estimate of drug-likeness (QED) is 0.566. The highest BCUT2D eigenvalue weighted by atomic mass is 35.5. The fraction of sp³-hybridized carbons (Fsp3) is 0.238. The molecule has 0 atom stereocenters. The highest BCUT2D eigenvalue weighted by Crippen LogP contribution is 2.29. The van der Waals surface area contributed by atoms with Gasteiger partial charge in [-0.2, -0.15) is 0 Å². The number of benzene rings is 2. The lowest BCUT2D eigenvalue weighted by atomic mass is 10.0. The maximum absolute atomic E-state index is 12.2. The van der Waals surface area contributed by atoms with Crippen LogP contribution in [0.25, 0.3) is 6.08 Å². The molecule has 136 valence electrons. The van der Waals surface area contributed by atoms with Gasteiger partial charge in [-0.25, -0.2) is 4.79 Å². The Morgan fingerprint density at radius 2 is 1.62 bits per heavy atom. The van der Waals surface area contributed by atoms with Gasteiger partial charge >= 0.3 is 5.97 Å². The van der Waals surface area contributed by atoms with Gasteiger partial charge in [0.15, 0.2) is 11.4 Å². The topological polar surface area (TPSA) is 63.6 Å². The molecule has 2 aromatic rings. The second kappa shape index (κ2) is 7.75. The molecule has 0 bridgehead atoms. The Kier molecular flexibility index (Phi) is 5.88. The molecule has 2 aromatic carbocycles. The van der Waals surface area contributed by atoms with E-state index < -0.39 is 11.6 Å². The number of hydrogen-bond donors (Lipinski definition) is 1. The zero-order chi connectivity index (χ0) is 19.5. The number of halogens is 1. The molecule has 0 aliphatic heterocycles. The standard InChI is InChI=1S/C21H21ClO4/c1-13-11-15(5-10-18(23)16-6-8-17(22)9-7-16)12-14(2)19(13)26-21(3,4)20(24)25/h5-12H,1-4H3,(H,24,25)/b10-5+. The van der Waals surface area contributed by atoms with Gasteiger partial charge in [-0.05, 0) is 86.9 Å². The summed E-state index contributed by atoms with van der Waals surface area (Å²) >= 11 is 5.83. The van der Waals surface area contributed by atoms with E-state index >= 15 is 0 Å². The van der Waals surface area contributed by atoms with E-state index in [0.29, 0.717) is 16.3 Å². The lowest BCUT2D eigenvalue weighted by molar-refractivity contribution is -0.152. The number of rotatable bonds is 6. The first-order valence-electron chi connectivity index (χ1n) is 8.12. The molecule has 0 fully saturated rings. The Morgan fingerprint density at radius 1 is 1.08 bits per heavy atom. The van der Waals surface area contributed by atoms with Crippen LogP contribution >= 0.6 is 11.6 Å². The van der Waals surface area contributed by atoms with Gasteiger partial charge in [0.2, 0.25) is 0 Å². The smallest absolute Gasteiger partial charge is 0.347 e. The average molecular weight is 373 g/mol. The van der Waals surface area contributed by atoms with Crippen molar-refractivity contribution in [3.05, 3.63) is 69.8 Å². The number of ketones is 1. The monoisotopic (exact) mass is 372 g/mol. The first kappa shape index (κ1) is 19.7. The Hall–Kier alpha value is -2.59. The lowest BCUT2D eigenvalue weighted by Gasteiger charge is -2.24. The largest absolute Gasteiger partial charge is 0.478 e. The molecule has 4 nitrogen and oxygen atoms in total. The van der Waals surface area contributed by atoms with Crippen LogP contribution in [0.2, 0.25) is 5.02 Å². The number of aliphatic carboxylic acids is 1. The first-order valence-corrected chi connectivity index (χ1v) is 8.49. The highest BCUT2D eigenvalue weighted by molar-refractivity contribution is 6.30. The van der Waals surface area contributed by atoms with E-state index in [2.05, 4.69) is 0 Å². The van der Waals surface area contributed by atoms with Gasteiger partial charge in [0.25, 0.3) is 0 Å². The number of ether oxygens (including phenoxy) is 1. The minimum Gasteiger partial charge on any atom is -0.478 e. The Labute approximate surface area is 158 Å². The molecule has 0 saturated heterocycles. The predicted octanol–water partition coefficient (Wildman–Crippen LogP) is 5.09. The number of carbonyl (C=O) groups excluding carboxylic acids is 1. The molecule has 0 spiro atoms. The van der Waals surface area contributed by atoms with Crippen molar-refractivity contribution in [2.24, 2.45) is 0 Å². The summed E-state index contributed by atoms with van der Waals surface area (Å²) < 4.78 is 5.68. The Bertz CT molecular complexity index is 841. The fourth-order valence-corrected chi connectivity index (χ4v) is 2.55. The molecule has 1 N–H and O–H groups in total. The summed E-state index contributed by atoms with van der Waals surface area (Å²) in [6.07, 6.45) is 3.22. The average Bonchev–Trinajstić information content (AvgIpc) is 2.56. The van der Waals surface area contributed by atoms with Crippen LogP contribution < -0.4 is 4.74 Å². The van der Waals surface area contributed by atoms with E-state index in [1.165, 1.54) is 19.9 Å². The number of carboxylic acids is 1. The number of carboxylic acid groups (broad SMARTS) is 1. The van der Waals surface area contributed by atoms with Gasteiger partial charge < -0.3 is 9.84 Å². The Balaban J connectivity index is 2.23. The second-order valence-electron chi connectivity index (χ2n) is 6.61. The molecule has 0 radical (unpaired) electrons. The van der Waals surface area contributed by atoms with Gasteiger partial charge in [0, 0.05) is 10.6 Å². The molecule has 0 unspecified atom stereocenters. The molecule has 0 aromatic heterocycles. The van der Waals surface area contributed by atoms with Gasteiger partial charge in [0.1, 0.15) is 5.75 Å². The zero-order valence-corrected chi connectivity index (χ0v) is 15.9. The van der Waals surface area contributed by atoms with Gasteiger partial charge in [-0.1, -0.05) is 17.7 Å². The van der Waals surface area contributed by atoms with Crippen LogP contribution in [-0.4, -0.2) is 22.5 Å². The summed E-state index contributed by atoms with van der Waals surface area (Å²) in [6, 6.07) is 10.4. The number of carbonyl (C=O) groups is 2. The minimum absolute atomic E-state index is 0.121. The Morgan fingerprint density at radius 3 is 2.12 bits per heavy atom. The van der Waals surface area contributed by atoms with Crippen LogP contribution in [0, 0.1) is 13.8 Å². The summed E-state index contributed by atoms with van der Waals surface area (Å²) in [6.45, 7) is 6.71. The van der Waals surface area contributed by atoms with E-state index in [9.17, 15) is 14.7 Å². The summed E-state index contributed by atoms with van der Waals surface area (Å²) in [4.78, 5) is 23.5. The number of allylic oxidation sites excluding steroid dienone is 1. The van der Waals surface area contributed by atoms with Gasteiger partial charge in [-0.15, -0.1) is 0 Å². The van der Waals surface area contributed by atoms with Crippen LogP contribution in [0.3, 0.4) is 0 Å².